The Balaban J connectivity index is 1.92. The van der Waals surface area contributed by atoms with Crippen LogP contribution in [0.3, 0.4) is 0 Å². The molecule has 1 saturated carbocycles. The Kier molecular flexibility index (Phi) is 6.22. The van der Waals surface area contributed by atoms with Crippen LogP contribution < -0.4 is 5.32 Å². The van der Waals surface area contributed by atoms with Gasteiger partial charge >= 0.3 is 5.97 Å². The second-order valence-corrected chi connectivity index (χ2v) is 7.74. The molecule has 6 heteroatoms. The third kappa shape index (κ3) is 4.19. The zero-order valence-electron chi connectivity index (χ0n) is 15.8. The highest BCUT2D eigenvalue weighted by molar-refractivity contribution is 6.31. The lowest BCUT2D eigenvalue weighted by Gasteiger charge is -2.23. The molecule has 3 rings (SSSR count). The van der Waals surface area contributed by atoms with Gasteiger partial charge in [0, 0.05) is 40.1 Å². The predicted molar refractivity (Wildman–Crippen MR) is 105 cm³/mol. The third-order valence-corrected chi connectivity index (χ3v) is 6.03. The summed E-state index contributed by atoms with van der Waals surface area (Å²) in [6.45, 7) is 4.39. The van der Waals surface area contributed by atoms with E-state index in [9.17, 15) is 14.3 Å². The molecule has 1 aliphatic rings. The minimum Gasteiger partial charge on any atom is -0.478 e. The molecule has 0 spiro atoms. The maximum atomic E-state index is 14.2. The molecule has 1 aromatic carbocycles. The first kappa shape index (κ1) is 19.9. The Morgan fingerprint density at radius 3 is 2.56 bits per heavy atom. The first-order chi connectivity index (χ1) is 12.9. The van der Waals surface area contributed by atoms with Gasteiger partial charge < -0.3 is 15.0 Å². The fourth-order valence-corrected chi connectivity index (χ4v) is 4.30. The summed E-state index contributed by atoms with van der Waals surface area (Å²) in [5.41, 5.74) is 2.93. The summed E-state index contributed by atoms with van der Waals surface area (Å²) < 4.78 is 16.1. The quantitative estimate of drug-likeness (QED) is 0.721. The Hall–Kier alpha value is -1.85. The smallest absolute Gasteiger partial charge is 0.337 e. The summed E-state index contributed by atoms with van der Waals surface area (Å²) in [6, 6.07) is 5.03. The summed E-state index contributed by atoms with van der Waals surface area (Å²) in [6.07, 6.45) is 5.97. The molecule has 2 aromatic rings. The molecule has 0 unspecified atom stereocenters. The van der Waals surface area contributed by atoms with Crippen LogP contribution in [0.2, 0.25) is 5.02 Å². The number of nitrogens with zero attached hydrogens (tertiary/aromatic N) is 1. The molecule has 4 nitrogen and oxygen atoms in total. The molecular weight excluding hydrogens is 367 g/mol. The highest BCUT2D eigenvalue weighted by atomic mass is 35.5. The third-order valence-electron chi connectivity index (χ3n) is 5.67. The Morgan fingerprint density at radius 2 is 1.93 bits per heavy atom. The average molecular weight is 393 g/mol. The molecule has 27 heavy (non-hydrogen) atoms. The van der Waals surface area contributed by atoms with Gasteiger partial charge in [-0.1, -0.05) is 36.9 Å². The normalized spacial score (nSPS) is 15.3. The van der Waals surface area contributed by atoms with Gasteiger partial charge in [-0.2, -0.15) is 0 Å². The van der Waals surface area contributed by atoms with E-state index in [1.165, 1.54) is 25.3 Å². The Labute approximate surface area is 164 Å². The van der Waals surface area contributed by atoms with Gasteiger partial charge in [-0.3, -0.25) is 0 Å². The zero-order chi connectivity index (χ0) is 19.6. The molecule has 0 atom stereocenters. The number of carboxylic acids is 1. The van der Waals surface area contributed by atoms with Crippen molar-refractivity contribution in [2.45, 2.75) is 65.1 Å². The summed E-state index contributed by atoms with van der Waals surface area (Å²) in [5, 5.41) is 13.6. The molecule has 0 bridgehead atoms. The van der Waals surface area contributed by atoms with E-state index in [0.29, 0.717) is 34.4 Å². The van der Waals surface area contributed by atoms with E-state index in [-0.39, 0.29) is 12.4 Å². The summed E-state index contributed by atoms with van der Waals surface area (Å²) in [7, 11) is 0. The van der Waals surface area contributed by atoms with Gasteiger partial charge in [0.25, 0.3) is 0 Å². The second kappa shape index (κ2) is 8.44. The first-order valence-electron chi connectivity index (χ1n) is 9.48. The molecule has 0 radical (unpaired) electrons. The van der Waals surface area contributed by atoms with Crippen LogP contribution >= 0.6 is 11.6 Å². The molecule has 0 amide bonds. The number of rotatable bonds is 6. The second-order valence-electron chi connectivity index (χ2n) is 7.33. The minimum absolute atomic E-state index is 0.215. The lowest BCUT2D eigenvalue weighted by Crippen LogP contribution is -2.31. The van der Waals surface area contributed by atoms with Crippen molar-refractivity contribution in [3.8, 4) is 0 Å². The first-order valence-corrected chi connectivity index (χ1v) is 9.86. The molecular formula is C21H26ClFN2O2. The maximum Gasteiger partial charge on any atom is 0.337 e. The van der Waals surface area contributed by atoms with Gasteiger partial charge in [0.2, 0.25) is 0 Å². The highest BCUT2D eigenvalue weighted by Gasteiger charge is 2.24. The van der Waals surface area contributed by atoms with Crippen molar-refractivity contribution in [3.05, 3.63) is 57.1 Å². The lowest BCUT2D eigenvalue weighted by molar-refractivity contribution is 0.0694. The van der Waals surface area contributed by atoms with Crippen LogP contribution in [0, 0.1) is 19.7 Å². The summed E-state index contributed by atoms with van der Waals surface area (Å²) >= 11 is 6.17. The molecule has 1 heterocycles. The van der Waals surface area contributed by atoms with E-state index < -0.39 is 5.97 Å². The zero-order valence-corrected chi connectivity index (χ0v) is 16.6. The summed E-state index contributed by atoms with van der Waals surface area (Å²) in [4.78, 5) is 11.9. The number of hydrogen-bond acceptors (Lipinski definition) is 2. The predicted octanol–water partition coefficient (Wildman–Crippen LogP) is 5.07. The number of carbonyl (C=O) groups is 1. The van der Waals surface area contributed by atoms with Crippen LogP contribution in [0.4, 0.5) is 4.39 Å². The van der Waals surface area contributed by atoms with E-state index in [1.807, 2.05) is 11.5 Å². The molecule has 0 aliphatic heterocycles. The van der Waals surface area contributed by atoms with E-state index in [4.69, 9.17) is 11.6 Å². The Bertz CT molecular complexity index is 821. The van der Waals surface area contributed by atoms with E-state index in [2.05, 4.69) is 5.32 Å². The van der Waals surface area contributed by atoms with Crippen LogP contribution in [0.25, 0.3) is 0 Å². The lowest BCUT2D eigenvalue weighted by atomic mass is 9.95. The van der Waals surface area contributed by atoms with Crippen molar-refractivity contribution in [1.29, 1.82) is 0 Å². The van der Waals surface area contributed by atoms with Crippen LogP contribution in [0.15, 0.2) is 18.2 Å². The number of hydrogen-bond donors (Lipinski definition) is 2. The van der Waals surface area contributed by atoms with Gasteiger partial charge in [-0.05, 0) is 38.8 Å². The van der Waals surface area contributed by atoms with Crippen molar-refractivity contribution in [1.82, 2.24) is 9.88 Å². The standard InChI is InChI=1S/C21H26ClFN2O2/c1-13-16(11-24-15-7-4-3-5-8-15)20(21(26)27)14(2)25(13)12-17-18(22)9-6-10-19(17)23/h6,9-10,15,24H,3-5,7-8,11-12H2,1-2H3,(H,26,27). The molecule has 1 aliphatic carbocycles. The molecule has 146 valence electrons. The summed E-state index contributed by atoms with van der Waals surface area (Å²) in [5.74, 6) is -1.33. The largest absolute Gasteiger partial charge is 0.478 e. The number of carboxylic acid groups (broad SMARTS) is 1. The minimum atomic E-state index is -0.950. The van der Waals surface area contributed by atoms with Crippen molar-refractivity contribution in [3.63, 3.8) is 0 Å². The number of halogens is 2. The monoisotopic (exact) mass is 392 g/mol. The number of aromatic nitrogens is 1. The molecule has 1 fully saturated rings. The van der Waals surface area contributed by atoms with Gasteiger partial charge in [0.05, 0.1) is 12.1 Å². The number of nitrogens with one attached hydrogen (secondary N) is 1. The van der Waals surface area contributed by atoms with E-state index >= 15 is 0 Å². The van der Waals surface area contributed by atoms with Crippen molar-refractivity contribution < 1.29 is 14.3 Å². The van der Waals surface area contributed by atoms with Gasteiger partial charge in [-0.25, -0.2) is 9.18 Å². The van der Waals surface area contributed by atoms with Crippen LogP contribution in [0.1, 0.15) is 65.0 Å². The van der Waals surface area contributed by atoms with E-state index in [1.54, 1.807) is 19.1 Å². The average Bonchev–Trinajstić information content (AvgIpc) is 2.87. The number of benzene rings is 1. The maximum absolute atomic E-state index is 14.2. The topological polar surface area (TPSA) is 54.3 Å². The van der Waals surface area contributed by atoms with Crippen LogP contribution in [-0.4, -0.2) is 21.7 Å². The molecule has 2 N–H and O–H groups in total. The Morgan fingerprint density at radius 1 is 1.22 bits per heavy atom. The van der Waals surface area contributed by atoms with Crippen molar-refractivity contribution >= 4 is 17.6 Å². The molecule has 0 saturated heterocycles. The molecule has 1 aromatic heterocycles. The highest BCUT2D eigenvalue weighted by Crippen LogP contribution is 2.27. The fraction of sp³-hybridized carbons (Fsp3) is 0.476. The van der Waals surface area contributed by atoms with E-state index in [0.717, 1.165) is 24.1 Å². The van der Waals surface area contributed by atoms with Crippen molar-refractivity contribution in [2.24, 2.45) is 0 Å². The number of aromatic carboxylic acids is 1. The fourth-order valence-electron chi connectivity index (χ4n) is 4.08. The van der Waals surface area contributed by atoms with Gasteiger partial charge in [-0.15, -0.1) is 0 Å². The van der Waals surface area contributed by atoms with Gasteiger partial charge in [0.1, 0.15) is 5.82 Å². The SMILES string of the molecule is Cc1c(CNC2CCCCC2)c(C(=O)O)c(C)n1Cc1c(F)cccc1Cl. The van der Waals surface area contributed by atoms with Crippen LogP contribution in [-0.2, 0) is 13.1 Å². The van der Waals surface area contributed by atoms with Gasteiger partial charge in [0.15, 0.2) is 0 Å². The van der Waals surface area contributed by atoms with Crippen LogP contribution in [0.5, 0.6) is 0 Å². The van der Waals surface area contributed by atoms with Crippen molar-refractivity contribution in [2.75, 3.05) is 0 Å².